The molecule has 0 aliphatic heterocycles. The average molecular weight is 108 g/mol. The molecule has 0 saturated heterocycles. The molecule has 0 bridgehead atoms. The van der Waals surface area contributed by atoms with E-state index < -0.39 is 5.79 Å². The van der Waals surface area contributed by atoms with Crippen LogP contribution in [0.15, 0.2) is 0 Å². The van der Waals surface area contributed by atoms with Gasteiger partial charge in [0.15, 0.2) is 5.79 Å². The molecule has 2 nitrogen and oxygen atoms in total. The third-order valence-electron chi connectivity index (χ3n) is 0.300. The van der Waals surface area contributed by atoms with Gasteiger partial charge in [-0.05, 0) is 6.92 Å². The monoisotopic (exact) mass is 108 g/mol. The van der Waals surface area contributed by atoms with E-state index >= 15 is 0 Å². The second-order valence-corrected chi connectivity index (χ2v) is 1.69. The molecule has 38 valence electrons. The molecule has 0 saturated carbocycles. The summed E-state index contributed by atoms with van der Waals surface area (Å²) in [6.45, 7) is 1.28. The van der Waals surface area contributed by atoms with Crippen molar-refractivity contribution in [2.24, 2.45) is 0 Å². The summed E-state index contributed by atoms with van der Waals surface area (Å²) >= 11 is 3.60. The van der Waals surface area contributed by atoms with Crippen molar-refractivity contribution >= 4 is 12.6 Å². The van der Waals surface area contributed by atoms with Crippen molar-refractivity contribution in [3.8, 4) is 0 Å². The Morgan fingerprint density at radius 1 is 1.67 bits per heavy atom. The van der Waals surface area contributed by atoms with Crippen LogP contribution >= 0.6 is 12.6 Å². The van der Waals surface area contributed by atoms with Crippen LogP contribution in [-0.2, 0) is 0 Å². The third kappa shape index (κ3) is 4.27. The largest absolute Gasteiger partial charge is 0.365 e. The summed E-state index contributed by atoms with van der Waals surface area (Å²) in [5, 5.41) is 16.6. The van der Waals surface area contributed by atoms with Crippen LogP contribution < -0.4 is 0 Å². The molecule has 0 atom stereocenters. The van der Waals surface area contributed by atoms with E-state index in [2.05, 4.69) is 12.6 Å². The van der Waals surface area contributed by atoms with E-state index in [4.69, 9.17) is 10.2 Å². The van der Waals surface area contributed by atoms with Gasteiger partial charge in [0.25, 0.3) is 0 Å². The summed E-state index contributed by atoms with van der Waals surface area (Å²) in [5.41, 5.74) is 0. The number of hydrogen-bond donors (Lipinski definition) is 3. The Bertz CT molecular complexity index is 38.5. The first-order chi connectivity index (χ1) is 2.56. The average Bonchev–Trinajstić information content (AvgIpc) is 1.35. The Kier molecular flexibility index (Phi) is 1.90. The van der Waals surface area contributed by atoms with E-state index in [-0.39, 0.29) is 5.75 Å². The maximum absolute atomic E-state index is 8.31. The van der Waals surface area contributed by atoms with Crippen molar-refractivity contribution in [2.75, 3.05) is 5.75 Å². The standard InChI is InChI=1S/C3H8O2S/c1-3(4,5)2-6/h4-6H,2H2,1H3. The lowest BCUT2D eigenvalue weighted by Crippen LogP contribution is -2.24. The summed E-state index contributed by atoms with van der Waals surface area (Å²) in [6, 6.07) is 0. The Balaban J connectivity index is 3.17. The smallest absolute Gasteiger partial charge is 0.168 e. The Morgan fingerprint density at radius 2 is 1.83 bits per heavy atom. The molecule has 0 fully saturated rings. The zero-order chi connectivity index (χ0) is 5.21. The molecule has 0 rings (SSSR count). The van der Waals surface area contributed by atoms with Crippen LogP contribution in [0.3, 0.4) is 0 Å². The highest BCUT2D eigenvalue weighted by Crippen LogP contribution is 1.96. The van der Waals surface area contributed by atoms with E-state index in [1.165, 1.54) is 6.92 Å². The summed E-state index contributed by atoms with van der Waals surface area (Å²) in [7, 11) is 0. The number of rotatable bonds is 1. The van der Waals surface area contributed by atoms with Crippen molar-refractivity contribution in [3.05, 3.63) is 0 Å². The van der Waals surface area contributed by atoms with E-state index in [9.17, 15) is 0 Å². The van der Waals surface area contributed by atoms with Crippen molar-refractivity contribution in [2.45, 2.75) is 12.7 Å². The fraction of sp³-hybridized carbons (Fsp3) is 1.00. The second kappa shape index (κ2) is 1.82. The zero-order valence-electron chi connectivity index (χ0n) is 3.55. The highest BCUT2D eigenvalue weighted by molar-refractivity contribution is 7.80. The maximum Gasteiger partial charge on any atom is 0.168 e. The molecule has 0 unspecified atom stereocenters. The Labute approximate surface area is 42.2 Å². The minimum atomic E-state index is -1.59. The SMILES string of the molecule is CC(O)(O)CS. The normalized spacial score (nSPS) is 12.0. The van der Waals surface area contributed by atoms with E-state index in [0.29, 0.717) is 0 Å². The third-order valence-corrected chi connectivity index (χ3v) is 0.899. The van der Waals surface area contributed by atoms with Gasteiger partial charge < -0.3 is 10.2 Å². The molecule has 0 spiro atoms. The molecular formula is C3H8O2S. The van der Waals surface area contributed by atoms with Crippen molar-refractivity contribution < 1.29 is 10.2 Å². The fourth-order valence-electron chi connectivity index (χ4n) is 0. The molecule has 0 aromatic heterocycles. The van der Waals surface area contributed by atoms with Crippen molar-refractivity contribution in [1.82, 2.24) is 0 Å². The Hall–Kier alpha value is 0.270. The predicted octanol–water partition coefficient (Wildman–Crippen LogP) is -0.383. The number of thiol groups is 1. The molecule has 0 aromatic rings. The van der Waals surface area contributed by atoms with Gasteiger partial charge in [0, 0.05) is 5.75 Å². The minimum absolute atomic E-state index is 0.0764. The van der Waals surface area contributed by atoms with Crippen LogP contribution in [0.5, 0.6) is 0 Å². The summed E-state index contributed by atoms with van der Waals surface area (Å²) in [5.74, 6) is -1.52. The second-order valence-electron chi connectivity index (χ2n) is 1.38. The van der Waals surface area contributed by atoms with Crippen LogP contribution in [0.4, 0.5) is 0 Å². The van der Waals surface area contributed by atoms with Gasteiger partial charge in [-0.15, -0.1) is 0 Å². The molecule has 0 radical (unpaired) electrons. The first-order valence-electron chi connectivity index (χ1n) is 1.62. The van der Waals surface area contributed by atoms with Crippen LogP contribution in [0.25, 0.3) is 0 Å². The predicted molar refractivity (Wildman–Crippen MR) is 26.7 cm³/mol. The molecule has 2 N–H and O–H groups in total. The highest BCUT2D eigenvalue weighted by Gasteiger charge is 2.09. The summed E-state index contributed by atoms with van der Waals surface area (Å²) in [4.78, 5) is 0. The number of hydrogen-bond acceptors (Lipinski definition) is 3. The van der Waals surface area contributed by atoms with Gasteiger partial charge in [-0.25, -0.2) is 0 Å². The van der Waals surface area contributed by atoms with Gasteiger partial charge in [0.05, 0.1) is 0 Å². The molecular weight excluding hydrogens is 100 g/mol. The summed E-state index contributed by atoms with van der Waals surface area (Å²) < 4.78 is 0. The van der Waals surface area contributed by atoms with E-state index in [0.717, 1.165) is 0 Å². The van der Waals surface area contributed by atoms with Gasteiger partial charge in [0.1, 0.15) is 0 Å². The molecule has 0 aromatic carbocycles. The lowest BCUT2D eigenvalue weighted by Gasteiger charge is -2.09. The first kappa shape index (κ1) is 6.27. The molecule has 0 aliphatic rings. The van der Waals surface area contributed by atoms with Crippen LogP contribution in [-0.4, -0.2) is 21.8 Å². The lowest BCUT2D eigenvalue weighted by atomic mass is 10.4. The Morgan fingerprint density at radius 3 is 1.83 bits per heavy atom. The van der Waals surface area contributed by atoms with Gasteiger partial charge in [0.2, 0.25) is 0 Å². The van der Waals surface area contributed by atoms with Crippen LogP contribution in [0, 0.1) is 0 Å². The zero-order valence-corrected chi connectivity index (χ0v) is 4.44. The molecule has 3 heteroatoms. The van der Waals surface area contributed by atoms with Gasteiger partial charge in [-0.1, -0.05) is 0 Å². The van der Waals surface area contributed by atoms with Crippen LogP contribution in [0.2, 0.25) is 0 Å². The maximum atomic E-state index is 8.31. The van der Waals surface area contributed by atoms with Crippen molar-refractivity contribution in [3.63, 3.8) is 0 Å². The minimum Gasteiger partial charge on any atom is -0.365 e. The molecule has 0 aliphatic carbocycles. The van der Waals surface area contributed by atoms with Gasteiger partial charge in [-0.3, -0.25) is 0 Å². The van der Waals surface area contributed by atoms with Gasteiger partial charge in [-0.2, -0.15) is 12.6 Å². The quantitative estimate of drug-likeness (QED) is 0.316. The fourth-order valence-corrected chi connectivity index (χ4v) is 0. The summed E-state index contributed by atoms with van der Waals surface area (Å²) in [6.07, 6.45) is 0. The lowest BCUT2D eigenvalue weighted by molar-refractivity contribution is -0.122. The van der Waals surface area contributed by atoms with Crippen molar-refractivity contribution in [1.29, 1.82) is 0 Å². The number of aliphatic hydroxyl groups is 2. The van der Waals surface area contributed by atoms with Gasteiger partial charge >= 0.3 is 0 Å². The van der Waals surface area contributed by atoms with E-state index in [1.807, 2.05) is 0 Å². The molecule has 0 heterocycles. The highest BCUT2D eigenvalue weighted by atomic mass is 32.1. The van der Waals surface area contributed by atoms with Crippen LogP contribution in [0.1, 0.15) is 6.92 Å². The van der Waals surface area contributed by atoms with E-state index in [1.54, 1.807) is 0 Å². The topological polar surface area (TPSA) is 40.5 Å². The molecule has 0 amide bonds. The molecule has 6 heavy (non-hydrogen) atoms. The first-order valence-corrected chi connectivity index (χ1v) is 2.25.